The lowest BCUT2D eigenvalue weighted by Crippen LogP contribution is -2.38. The summed E-state index contributed by atoms with van der Waals surface area (Å²) < 4.78 is 13.0. The summed E-state index contributed by atoms with van der Waals surface area (Å²) in [6.45, 7) is 1.90. The molecule has 2 heterocycles. The number of allylic oxidation sites excluding steroid dienone is 1. The first-order valence-corrected chi connectivity index (χ1v) is 13.5. The molecule has 0 spiro atoms. The molecular formula is C31H26N2O4S. The number of rotatable bonds is 6. The Morgan fingerprint density at radius 2 is 1.87 bits per heavy atom. The van der Waals surface area contributed by atoms with Crippen LogP contribution in [0.3, 0.4) is 0 Å². The van der Waals surface area contributed by atoms with Crippen molar-refractivity contribution in [1.29, 1.82) is 0 Å². The minimum atomic E-state index is -0.419. The van der Waals surface area contributed by atoms with E-state index < -0.39 is 5.97 Å². The Morgan fingerprint density at radius 3 is 2.71 bits per heavy atom. The molecule has 1 aliphatic carbocycles. The molecule has 1 aromatic heterocycles. The van der Waals surface area contributed by atoms with Gasteiger partial charge in [0, 0.05) is 5.56 Å². The molecule has 0 saturated carbocycles. The minimum Gasteiger partial charge on any atom is -0.482 e. The summed E-state index contributed by atoms with van der Waals surface area (Å²) >= 11 is 1.40. The van der Waals surface area contributed by atoms with Crippen molar-refractivity contribution in [3.63, 3.8) is 0 Å². The zero-order chi connectivity index (χ0) is 26.1. The van der Waals surface area contributed by atoms with E-state index in [9.17, 15) is 9.59 Å². The number of esters is 1. The third kappa shape index (κ3) is 4.50. The number of fused-ring (bicyclic) bond motifs is 3. The number of carbonyl (C=O) groups excluding carboxylic acids is 1. The Labute approximate surface area is 223 Å². The predicted molar refractivity (Wildman–Crippen MR) is 148 cm³/mol. The SMILES string of the molecule is CCOC(=O)COc1cccc(C=c2sc3n(c2=O)C(c2ccccc2)C2=C(N=3)c3ccccc3CC2)c1. The number of thiazole rings is 1. The maximum Gasteiger partial charge on any atom is 0.344 e. The van der Waals surface area contributed by atoms with Gasteiger partial charge in [0.05, 0.1) is 22.9 Å². The molecule has 0 radical (unpaired) electrons. The normalized spacial score (nSPS) is 16.2. The van der Waals surface area contributed by atoms with Gasteiger partial charge in [-0.05, 0) is 60.2 Å². The summed E-state index contributed by atoms with van der Waals surface area (Å²) in [6.07, 6.45) is 3.65. The van der Waals surface area contributed by atoms with E-state index in [1.165, 1.54) is 22.5 Å². The molecule has 6 rings (SSSR count). The van der Waals surface area contributed by atoms with E-state index in [0.717, 1.165) is 35.2 Å². The summed E-state index contributed by atoms with van der Waals surface area (Å²) in [5, 5.41) is 0. The van der Waals surface area contributed by atoms with Crippen molar-refractivity contribution in [1.82, 2.24) is 4.57 Å². The van der Waals surface area contributed by atoms with Crippen molar-refractivity contribution in [2.45, 2.75) is 25.8 Å². The number of carbonyl (C=O) groups is 1. The van der Waals surface area contributed by atoms with Crippen LogP contribution in [0, 0.1) is 0 Å². The lowest BCUT2D eigenvalue weighted by Gasteiger charge is -2.30. The Morgan fingerprint density at radius 1 is 1.05 bits per heavy atom. The fourth-order valence-electron chi connectivity index (χ4n) is 5.15. The highest BCUT2D eigenvalue weighted by molar-refractivity contribution is 7.07. The molecule has 4 aromatic rings. The second kappa shape index (κ2) is 10.3. The van der Waals surface area contributed by atoms with Crippen LogP contribution >= 0.6 is 11.3 Å². The highest BCUT2D eigenvalue weighted by Gasteiger charge is 2.32. The van der Waals surface area contributed by atoms with Crippen molar-refractivity contribution >= 4 is 29.1 Å². The van der Waals surface area contributed by atoms with E-state index in [1.54, 1.807) is 13.0 Å². The molecular weight excluding hydrogens is 496 g/mol. The van der Waals surface area contributed by atoms with E-state index in [1.807, 2.05) is 53.1 Å². The number of nitrogens with zero attached hydrogens (tertiary/aromatic N) is 2. The molecule has 6 nitrogen and oxygen atoms in total. The van der Waals surface area contributed by atoms with Gasteiger partial charge in [-0.2, -0.15) is 0 Å². The van der Waals surface area contributed by atoms with Crippen LogP contribution in [0.1, 0.15) is 41.6 Å². The van der Waals surface area contributed by atoms with Crippen molar-refractivity contribution in [3.8, 4) is 5.75 Å². The molecule has 1 atom stereocenters. The first-order valence-electron chi connectivity index (χ1n) is 12.7. The van der Waals surface area contributed by atoms with Gasteiger partial charge in [-0.25, -0.2) is 9.79 Å². The summed E-state index contributed by atoms with van der Waals surface area (Å²) in [6, 6.07) is 25.8. The number of benzene rings is 3. The van der Waals surface area contributed by atoms with Crippen LogP contribution in [-0.2, 0) is 16.0 Å². The zero-order valence-corrected chi connectivity index (χ0v) is 21.7. The van der Waals surface area contributed by atoms with E-state index in [2.05, 4.69) is 30.3 Å². The van der Waals surface area contributed by atoms with Crippen molar-refractivity contribution in [2.75, 3.05) is 13.2 Å². The lowest BCUT2D eigenvalue weighted by atomic mass is 9.83. The van der Waals surface area contributed by atoms with Crippen molar-refractivity contribution in [2.24, 2.45) is 4.99 Å². The smallest absolute Gasteiger partial charge is 0.344 e. The molecule has 7 heteroatoms. The number of aromatic nitrogens is 1. The Bertz CT molecular complexity index is 1730. The second-order valence-corrected chi connectivity index (χ2v) is 10.2. The number of hydrogen-bond donors (Lipinski definition) is 0. The van der Waals surface area contributed by atoms with Gasteiger partial charge >= 0.3 is 5.97 Å². The molecule has 38 heavy (non-hydrogen) atoms. The molecule has 0 amide bonds. The number of hydrogen-bond acceptors (Lipinski definition) is 6. The highest BCUT2D eigenvalue weighted by Crippen LogP contribution is 2.41. The molecule has 190 valence electrons. The standard InChI is InChI=1S/C31H26N2O4S/c1-2-36-27(34)19-37-23-13-8-9-20(17-23)18-26-30(35)33-29(22-11-4-3-5-12-22)25-16-15-21-10-6-7-14-24(21)28(25)32-31(33)38-26/h3-14,17-18,29H,2,15-16,19H2,1H3. The predicted octanol–water partition coefficient (Wildman–Crippen LogP) is 4.26. The molecule has 0 bridgehead atoms. The van der Waals surface area contributed by atoms with E-state index >= 15 is 0 Å². The monoisotopic (exact) mass is 522 g/mol. The van der Waals surface area contributed by atoms with Crippen LogP contribution < -0.4 is 19.6 Å². The summed E-state index contributed by atoms with van der Waals surface area (Å²) in [5.74, 6) is 0.117. The average Bonchev–Trinajstić information content (AvgIpc) is 3.25. The van der Waals surface area contributed by atoms with Gasteiger partial charge in [0.1, 0.15) is 5.75 Å². The molecule has 2 aliphatic rings. The third-order valence-corrected chi connectivity index (χ3v) is 7.79. The van der Waals surface area contributed by atoms with Crippen LogP contribution in [0.25, 0.3) is 11.8 Å². The van der Waals surface area contributed by atoms with Gasteiger partial charge in [0.2, 0.25) is 0 Å². The Hall–Kier alpha value is -4.23. The van der Waals surface area contributed by atoms with E-state index in [4.69, 9.17) is 14.5 Å². The molecule has 0 N–H and O–H groups in total. The number of aryl methyl sites for hydroxylation is 1. The first kappa shape index (κ1) is 24.1. The van der Waals surface area contributed by atoms with Crippen LogP contribution in [-0.4, -0.2) is 23.8 Å². The average molecular weight is 523 g/mol. The van der Waals surface area contributed by atoms with Gasteiger partial charge in [-0.3, -0.25) is 9.36 Å². The maximum atomic E-state index is 13.9. The molecule has 0 fully saturated rings. The largest absolute Gasteiger partial charge is 0.482 e. The summed E-state index contributed by atoms with van der Waals surface area (Å²) in [4.78, 5) is 31.3. The second-order valence-electron chi connectivity index (χ2n) is 9.19. The van der Waals surface area contributed by atoms with Gasteiger partial charge in [0.15, 0.2) is 11.4 Å². The van der Waals surface area contributed by atoms with Crippen molar-refractivity contribution in [3.05, 3.63) is 126 Å². The van der Waals surface area contributed by atoms with Crippen LogP contribution in [0.4, 0.5) is 0 Å². The van der Waals surface area contributed by atoms with E-state index in [0.29, 0.717) is 21.7 Å². The third-order valence-electron chi connectivity index (χ3n) is 6.81. The van der Waals surface area contributed by atoms with Crippen LogP contribution in [0.15, 0.2) is 94.2 Å². The zero-order valence-electron chi connectivity index (χ0n) is 20.9. The van der Waals surface area contributed by atoms with Crippen LogP contribution in [0.5, 0.6) is 5.75 Å². The van der Waals surface area contributed by atoms with E-state index in [-0.39, 0.29) is 18.2 Å². The summed E-state index contributed by atoms with van der Waals surface area (Å²) in [5.41, 5.74) is 6.44. The van der Waals surface area contributed by atoms with Crippen LogP contribution in [0.2, 0.25) is 0 Å². The van der Waals surface area contributed by atoms with Gasteiger partial charge in [-0.15, -0.1) is 0 Å². The minimum absolute atomic E-state index is 0.0640. The molecule has 1 unspecified atom stereocenters. The molecule has 1 aliphatic heterocycles. The van der Waals surface area contributed by atoms with Gasteiger partial charge < -0.3 is 9.47 Å². The first-order chi connectivity index (χ1) is 18.6. The number of ether oxygens (including phenoxy) is 2. The molecule has 0 saturated heterocycles. The summed E-state index contributed by atoms with van der Waals surface area (Å²) in [7, 11) is 0. The Balaban J connectivity index is 1.45. The Kier molecular flexibility index (Phi) is 6.52. The van der Waals surface area contributed by atoms with Gasteiger partial charge in [0.25, 0.3) is 5.56 Å². The highest BCUT2D eigenvalue weighted by atomic mass is 32.1. The fraction of sp³-hybridized carbons (Fsp3) is 0.194. The van der Waals surface area contributed by atoms with Crippen molar-refractivity contribution < 1.29 is 14.3 Å². The fourth-order valence-corrected chi connectivity index (χ4v) is 6.15. The topological polar surface area (TPSA) is 69.9 Å². The lowest BCUT2D eigenvalue weighted by molar-refractivity contribution is -0.145. The maximum absolute atomic E-state index is 13.9. The molecule has 3 aromatic carbocycles. The quantitative estimate of drug-likeness (QED) is 0.355. The van der Waals surface area contributed by atoms with Gasteiger partial charge in [-0.1, -0.05) is 78.1 Å².